The number of carbonyl (C=O) groups is 2. The Balaban J connectivity index is 1.59. The Hall–Kier alpha value is -2.95. The van der Waals surface area contributed by atoms with Gasteiger partial charge < -0.3 is 10.1 Å². The molecule has 4 rings (SSSR count). The maximum Gasteiger partial charge on any atom is 0.341 e. The van der Waals surface area contributed by atoms with Crippen molar-refractivity contribution in [3.8, 4) is 11.1 Å². The number of fused-ring (bicyclic) bond motifs is 1. The number of thioether (sulfide) groups is 1. The molecule has 0 saturated carbocycles. The van der Waals surface area contributed by atoms with Gasteiger partial charge in [-0.25, -0.2) is 9.78 Å². The molecule has 0 radical (unpaired) electrons. The first-order valence-electron chi connectivity index (χ1n) is 10.2. The van der Waals surface area contributed by atoms with Crippen molar-refractivity contribution in [1.82, 2.24) is 9.55 Å². The Morgan fingerprint density at radius 2 is 1.97 bits per heavy atom. The summed E-state index contributed by atoms with van der Waals surface area (Å²) in [6.07, 6.45) is 0. The predicted molar refractivity (Wildman–Crippen MR) is 135 cm³/mol. The second kappa shape index (κ2) is 9.90. The molecule has 1 aromatic carbocycles. The fourth-order valence-electron chi connectivity index (χ4n) is 3.20. The average molecular weight is 500 g/mol. The number of carbonyl (C=O) groups excluding carboxylic acids is 2. The molecule has 0 fully saturated rings. The van der Waals surface area contributed by atoms with Crippen LogP contribution in [0.2, 0.25) is 0 Å². The molecular formula is C23H21N3O4S3. The maximum absolute atomic E-state index is 13.0. The number of nitrogens with zero attached hydrogens (tertiary/aromatic N) is 2. The number of anilines is 1. The van der Waals surface area contributed by atoms with E-state index in [-0.39, 0.29) is 18.1 Å². The van der Waals surface area contributed by atoms with Crippen LogP contribution in [0, 0.1) is 0 Å². The van der Waals surface area contributed by atoms with Crippen molar-refractivity contribution in [2.75, 3.05) is 11.9 Å². The molecule has 0 aliphatic rings. The van der Waals surface area contributed by atoms with Gasteiger partial charge in [-0.1, -0.05) is 42.1 Å². The molecular weight excluding hydrogens is 478 g/mol. The fraction of sp³-hybridized carbons (Fsp3) is 0.217. The van der Waals surface area contributed by atoms with Gasteiger partial charge in [-0.3, -0.25) is 14.2 Å². The minimum absolute atomic E-state index is 0.147. The molecule has 0 spiro atoms. The van der Waals surface area contributed by atoms with Crippen molar-refractivity contribution in [2.24, 2.45) is 7.05 Å². The fourth-order valence-corrected chi connectivity index (χ4v) is 5.84. The number of rotatable bonds is 7. The van der Waals surface area contributed by atoms with Crippen molar-refractivity contribution in [1.29, 1.82) is 0 Å². The highest BCUT2D eigenvalue weighted by Gasteiger charge is 2.25. The summed E-state index contributed by atoms with van der Waals surface area (Å²) in [6, 6.07) is 11.2. The highest BCUT2D eigenvalue weighted by Crippen LogP contribution is 2.37. The summed E-state index contributed by atoms with van der Waals surface area (Å²) in [4.78, 5) is 43.5. The molecule has 170 valence electrons. The summed E-state index contributed by atoms with van der Waals surface area (Å²) in [5, 5.41) is 7.43. The van der Waals surface area contributed by atoms with Gasteiger partial charge in [0.2, 0.25) is 5.91 Å². The molecule has 0 aliphatic heterocycles. The van der Waals surface area contributed by atoms with Gasteiger partial charge in [0.1, 0.15) is 15.4 Å². The maximum atomic E-state index is 13.0. The molecule has 1 unspecified atom stereocenters. The number of thiophene rings is 2. The van der Waals surface area contributed by atoms with Crippen LogP contribution in [-0.4, -0.2) is 33.3 Å². The minimum atomic E-state index is -0.558. The zero-order valence-corrected chi connectivity index (χ0v) is 20.6. The van der Waals surface area contributed by atoms with E-state index < -0.39 is 11.2 Å². The SMILES string of the molecule is CCOC(=O)c1c(-c2ccccc2)csc1NC(=O)C(C)Sc1nc2sccc2c(=O)n1C. The van der Waals surface area contributed by atoms with Gasteiger partial charge in [0.15, 0.2) is 5.16 Å². The van der Waals surface area contributed by atoms with Gasteiger partial charge in [-0.05, 0) is 30.9 Å². The number of nitrogens with one attached hydrogen (secondary N) is 1. The molecule has 1 atom stereocenters. The predicted octanol–water partition coefficient (Wildman–Crippen LogP) is 5.02. The summed E-state index contributed by atoms with van der Waals surface area (Å²) in [5.41, 5.74) is 1.76. The molecule has 3 aromatic heterocycles. The number of benzene rings is 1. The van der Waals surface area contributed by atoms with E-state index in [1.165, 1.54) is 39.0 Å². The van der Waals surface area contributed by atoms with Crippen LogP contribution in [0.4, 0.5) is 5.00 Å². The van der Waals surface area contributed by atoms with Gasteiger partial charge in [-0.2, -0.15) is 0 Å². The third-order valence-electron chi connectivity index (χ3n) is 4.91. The smallest absolute Gasteiger partial charge is 0.341 e. The van der Waals surface area contributed by atoms with Gasteiger partial charge in [0.25, 0.3) is 5.56 Å². The number of hydrogen-bond acceptors (Lipinski definition) is 8. The van der Waals surface area contributed by atoms with E-state index in [1.807, 2.05) is 41.1 Å². The van der Waals surface area contributed by atoms with Gasteiger partial charge in [0, 0.05) is 18.0 Å². The number of hydrogen-bond donors (Lipinski definition) is 1. The largest absolute Gasteiger partial charge is 0.462 e. The first-order valence-corrected chi connectivity index (χ1v) is 12.8. The molecule has 0 bridgehead atoms. The van der Waals surface area contributed by atoms with E-state index in [2.05, 4.69) is 10.3 Å². The molecule has 7 nitrogen and oxygen atoms in total. The van der Waals surface area contributed by atoms with Gasteiger partial charge in [0.05, 0.1) is 17.2 Å². The molecule has 0 aliphatic carbocycles. The number of amides is 1. The van der Waals surface area contributed by atoms with Crippen molar-refractivity contribution in [2.45, 2.75) is 24.3 Å². The lowest BCUT2D eigenvalue weighted by molar-refractivity contribution is -0.115. The molecule has 1 N–H and O–H groups in total. The highest BCUT2D eigenvalue weighted by molar-refractivity contribution is 8.00. The van der Waals surface area contributed by atoms with Crippen molar-refractivity contribution >= 4 is 61.5 Å². The quantitative estimate of drug-likeness (QED) is 0.218. The molecule has 4 aromatic rings. The molecule has 1 amide bonds. The lowest BCUT2D eigenvalue weighted by atomic mass is 10.0. The summed E-state index contributed by atoms with van der Waals surface area (Å²) in [6.45, 7) is 3.71. The number of ether oxygens (including phenoxy) is 1. The minimum Gasteiger partial charge on any atom is -0.462 e. The third-order valence-corrected chi connectivity index (χ3v) is 7.75. The second-order valence-corrected chi connectivity index (χ2v) is 10.2. The van der Waals surface area contributed by atoms with Gasteiger partial charge >= 0.3 is 5.97 Å². The highest BCUT2D eigenvalue weighted by atomic mass is 32.2. The normalized spacial score (nSPS) is 12.0. The van der Waals surface area contributed by atoms with Crippen LogP contribution in [0.15, 0.2) is 57.1 Å². The summed E-state index contributed by atoms with van der Waals surface area (Å²) < 4.78 is 6.70. The standard InChI is InChI=1S/C23H21N3O4S3/c1-4-30-22(29)17-16(14-8-6-5-7-9-14)12-32-20(17)24-18(27)13(2)33-23-25-19-15(10-11-31-19)21(28)26(23)3/h5-13H,4H2,1-3H3,(H,24,27). The van der Waals surface area contributed by atoms with Crippen LogP contribution in [0.3, 0.4) is 0 Å². The molecule has 3 heterocycles. The summed E-state index contributed by atoms with van der Waals surface area (Å²) in [5.74, 6) is -0.784. The topological polar surface area (TPSA) is 90.3 Å². The van der Waals surface area contributed by atoms with E-state index in [1.54, 1.807) is 27.0 Å². The Morgan fingerprint density at radius 3 is 2.70 bits per heavy atom. The van der Waals surface area contributed by atoms with E-state index in [0.29, 0.717) is 31.5 Å². The second-order valence-electron chi connectivity index (χ2n) is 7.09. The monoisotopic (exact) mass is 499 g/mol. The molecule has 33 heavy (non-hydrogen) atoms. The molecule has 0 saturated heterocycles. The van der Waals surface area contributed by atoms with Crippen LogP contribution < -0.4 is 10.9 Å². The van der Waals surface area contributed by atoms with E-state index in [9.17, 15) is 14.4 Å². The van der Waals surface area contributed by atoms with E-state index in [4.69, 9.17) is 4.74 Å². The third kappa shape index (κ3) is 4.73. The molecule has 10 heteroatoms. The Morgan fingerprint density at radius 1 is 1.21 bits per heavy atom. The van der Waals surface area contributed by atoms with Crippen molar-refractivity contribution in [3.63, 3.8) is 0 Å². The lowest BCUT2D eigenvalue weighted by Gasteiger charge is -2.14. The average Bonchev–Trinajstić information content (AvgIpc) is 3.45. The lowest BCUT2D eigenvalue weighted by Crippen LogP contribution is -2.25. The van der Waals surface area contributed by atoms with Crippen molar-refractivity contribution < 1.29 is 14.3 Å². The van der Waals surface area contributed by atoms with Gasteiger partial charge in [-0.15, -0.1) is 22.7 Å². The van der Waals surface area contributed by atoms with Crippen LogP contribution in [-0.2, 0) is 16.6 Å². The Bertz CT molecular complexity index is 1370. The van der Waals surface area contributed by atoms with E-state index >= 15 is 0 Å². The Kier molecular flexibility index (Phi) is 6.96. The zero-order chi connectivity index (χ0) is 23.5. The van der Waals surface area contributed by atoms with E-state index in [0.717, 1.165) is 5.56 Å². The van der Waals surface area contributed by atoms with Crippen LogP contribution >= 0.6 is 34.4 Å². The number of esters is 1. The van der Waals surface area contributed by atoms with Crippen molar-refractivity contribution in [3.05, 3.63) is 63.1 Å². The summed E-state index contributed by atoms with van der Waals surface area (Å²) >= 11 is 3.85. The first kappa shape index (κ1) is 23.2. The first-order chi connectivity index (χ1) is 15.9. The zero-order valence-electron chi connectivity index (χ0n) is 18.2. The number of aromatic nitrogens is 2. The summed E-state index contributed by atoms with van der Waals surface area (Å²) in [7, 11) is 1.64. The Labute approximate surface area is 202 Å². The van der Waals surface area contributed by atoms with Crippen LogP contribution in [0.25, 0.3) is 21.3 Å². The van der Waals surface area contributed by atoms with Crippen LogP contribution in [0.5, 0.6) is 0 Å². The van der Waals surface area contributed by atoms with Crippen LogP contribution in [0.1, 0.15) is 24.2 Å².